The van der Waals surface area contributed by atoms with Gasteiger partial charge >= 0.3 is 0 Å². The van der Waals surface area contributed by atoms with Gasteiger partial charge in [-0.15, -0.1) is 11.3 Å². The van der Waals surface area contributed by atoms with Crippen molar-refractivity contribution in [1.82, 2.24) is 9.55 Å². The number of benzene rings is 2. The second kappa shape index (κ2) is 7.29. The fourth-order valence-corrected chi connectivity index (χ4v) is 4.11. The highest BCUT2D eigenvalue weighted by molar-refractivity contribution is 7.12. The first-order valence-electron chi connectivity index (χ1n) is 9.62. The summed E-state index contributed by atoms with van der Waals surface area (Å²) in [5.74, 6) is 1.04. The van der Waals surface area contributed by atoms with Crippen molar-refractivity contribution >= 4 is 33.8 Å². The van der Waals surface area contributed by atoms with Gasteiger partial charge in [0.2, 0.25) is 0 Å². The summed E-state index contributed by atoms with van der Waals surface area (Å²) in [5.41, 5.74) is 2.28. The van der Waals surface area contributed by atoms with Gasteiger partial charge in [-0.1, -0.05) is 36.4 Å². The maximum atomic E-state index is 13.4. The van der Waals surface area contributed by atoms with Crippen molar-refractivity contribution in [1.29, 1.82) is 0 Å². The highest BCUT2D eigenvalue weighted by Crippen LogP contribution is 2.39. The van der Waals surface area contributed by atoms with E-state index >= 15 is 0 Å². The molecule has 4 aromatic rings. The first-order valence-corrected chi connectivity index (χ1v) is 10.5. The molecule has 29 heavy (non-hydrogen) atoms. The number of thiophene rings is 1. The van der Waals surface area contributed by atoms with Crippen molar-refractivity contribution in [3.63, 3.8) is 0 Å². The number of anilines is 1. The van der Waals surface area contributed by atoms with E-state index < -0.39 is 0 Å². The molecule has 2 heterocycles. The third kappa shape index (κ3) is 3.59. The molecule has 0 atom stereocenters. The number of carbonyl (C=O) groups excluding carboxylic acids is 1. The van der Waals surface area contributed by atoms with Crippen LogP contribution in [0.5, 0.6) is 0 Å². The lowest BCUT2D eigenvalue weighted by molar-refractivity contribution is 0.103. The molecule has 0 bridgehead atoms. The number of aromatic nitrogens is 2. The fraction of sp³-hybridized carbons (Fsp3) is 0.174. The Kier molecular flexibility index (Phi) is 4.48. The van der Waals surface area contributed by atoms with Crippen LogP contribution in [0.4, 0.5) is 5.69 Å². The molecule has 1 aliphatic carbocycles. The summed E-state index contributed by atoms with van der Waals surface area (Å²) in [5, 5.41) is 5.26. The van der Waals surface area contributed by atoms with E-state index in [1.807, 2.05) is 47.8 Å². The van der Waals surface area contributed by atoms with E-state index in [1.165, 1.54) is 11.3 Å². The van der Waals surface area contributed by atoms with Crippen LogP contribution in [-0.2, 0) is 6.54 Å². The molecular formula is C23H19N3O2S. The average molecular weight is 401 g/mol. The number of rotatable bonds is 5. The van der Waals surface area contributed by atoms with Gasteiger partial charge < -0.3 is 5.32 Å². The zero-order chi connectivity index (χ0) is 19.8. The van der Waals surface area contributed by atoms with Crippen LogP contribution >= 0.6 is 11.3 Å². The van der Waals surface area contributed by atoms with Crippen molar-refractivity contribution in [3.05, 3.63) is 92.7 Å². The van der Waals surface area contributed by atoms with Crippen molar-refractivity contribution < 1.29 is 4.79 Å². The summed E-state index contributed by atoms with van der Waals surface area (Å²) < 4.78 is 1.79. The molecular weight excluding hydrogens is 382 g/mol. The number of amides is 1. The zero-order valence-electron chi connectivity index (χ0n) is 15.7. The fourth-order valence-electron chi connectivity index (χ4n) is 3.49. The average Bonchev–Trinajstić information content (AvgIpc) is 3.43. The Labute approximate surface area is 171 Å². The van der Waals surface area contributed by atoms with Gasteiger partial charge in [0.15, 0.2) is 0 Å². The van der Waals surface area contributed by atoms with Crippen molar-refractivity contribution in [2.45, 2.75) is 25.3 Å². The van der Waals surface area contributed by atoms with Crippen LogP contribution in [0, 0.1) is 0 Å². The second-order valence-corrected chi connectivity index (χ2v) is 8.23. The van der Waals surface area contributed by atoms with Gasteiger partial charge in [0.1, 0.15) is 5.82 Å². The van der Waals surface area contributed by atoms with E-state index in [9.17, 15) is 9.59 Å². The molecule has 5 rings (SSSR count). The van der Waals surface area contributed by atoms with Crippen LogP contribution in [0.2, 0.25) is 0 Å². The Bertz CT molecular complexity index is 1240. The Morgan fingerprint density at radius 3 is 2.66 bits per heavy atom. The highest BCUT2D eigenvalue weighted by atomic mass is 32.1. The van der Waals surface area contributed by atoms with E-state index in [4.69, 9.17) is 4.98 Å². The summed E-state index contributed by atoms with van der Waals surface area (Å²) in [6.07, 6.45) is 2.14. The van der Waals surface area contributed by atoms with Crippen molar-refractivity contribution in [2.75, 3.05) is 5.32 Å². The number of fused-ring (bicyclic) bond motifs is 1. The van der Waals surface area contributed by atoms with E-state index in [2.05, 4.69) is 5.32 Å². The van der Waals surface area contributed by atoms with Gasteiger partial charge in [0.05, 0.1) is 22.3 Å². The summed E-state index contributed by atoms with van der Waals surface area (Å²) >= 11 is 1.38. The lowest BCUT2D eigenvalue weighted by Crippen LogP contribution is -2.26. The molecule has 1 saturated carbocycles. The van der Waals surface area contributed by atoms with Gasteiger partial charge in [0, 0.05) is 11.6 Å². The van der Waals surface area contributed by atoms with E-state index in [1.54, 1.807) is 22.8 Å². The Balaban J connectivity index is 1.56. The zero-order valence-corrected chi connectivity index (χ0v) is 16.5. The molecule has 6 heteroatoms. The first-order chi connectivity index (χ1) is 14.2. The lowest BCUT2D eigenvalue weighted by atomic mass is 10.1. The van der Waals surface area contributed by atoms with Crippen LogP contribution in [0.25, 0.3) is 10.9 Å². The maximum absolute atomic E-state index is 13.4. The van der Waals surface area contributed by atoms with Crippen molar-refractivity contribution in [3.8, 4) is 0 Å². The quantitative estimate of drug-likeness (QED) is 0.530. The third-order valence-electron chi connectivity index (χ3n) is 5.11. The number of hydrogen-bond donors (Lipinski definition) is 1. The molecule has 1 N–H and O–H groups in total. The maximum Gasteiger partial charge on any atom is 0.265 e. The van der Waals surface area contributed by atoms with Crippen LogP contribution in [0.1, 0.15) is 39.8 Å². The third-order valence-corrected chi connectivity index (χ3v) is 5.98. The minimum Gasteiger partial charge on any atom is -0.321 e. The normalized spacial score (nSPS) is 13.5. The monoisotopic (exact) mass is 401 g/mol. The molecule has 2 aromatic heterocycles. The number of nitrogens with zero attached hydrogens (tertiary/aromatic N) is 2. The lowest BCUT2D eigenvalue weighted by Gasteiger charge is -2.14. The molecule has 2 aromatic carbocycles. The molecule has 1 amide bonds. The summed E-state index contributed by atoms with van der Waals surface area (Å²) in [4.78, 5) is 31.2. The summed E-state index contributed by atoms with van der Waals surface area (Å²) in [7, 11) is 0. The van der Waals surface area contributed by atoms with Gasteiger partial charge in [-0.05, 0) is 48.1 Å². The standard InChI is InChI=1S/C23H19N3O2S/c27-22(20-7-4-12-29-20)24-17-10-11-19-18(13-17)23(28)26(21(25-19)16-8-9-16)14-15-5-2-1-3-6-15/h1-7,10-13,16H,8-9,14H2,(H,24,27). The number of carbonyl (C=O) groups is 1. The molecule has 144 valence electrons. The number of nitrogens with one attached hydrogen (secondary N) is 1. The van der Waals surface area contributed by atoms with E-state index in [0.29, 0.717) is 33.9 Å². The highest BCUT2D eigenvalue weighted by Gasteiger charge is 2.29. The minimum atomic E-state index is -0.175. The summed E-state index contributed by atoms with van der Waals surface area (Å²) in [6, 6.07) is 18.9. The number of hydrogen-bond acceptors (Lipinski definition) is 4. The van der Waals surface area contributed by atoms with Gasteiger partial charge in [-0.3, -0.25) is 14.2 Å². The molecule has 5 nitrogen and oxygen atoms in total. The molecule has 0 aliphatic heterocycles. The predicted octanol–water partition coefficient (Wildman–Crippen LogP) is 4.64. The Morgan fingerprint density at radius 1 is 1.10 bits per heavy atom. The second-order valence-electron chi connectivity index (χ2n) is 7.28. The largest absolute Gasteiger partial charge is 0.321 e. The molecule has 0 unspecified atom stereocenters. The van der Waals surface area contributed by atoms with Crippen LogP contribution < -0.4 is 10.9 Å². The molecule has 0 saturated heterocycles. The minimum absolute atomic E-state index is 0.0621. The van der Waals surface area contributed by atoms with Crippen LogP contribution in [0.3, 0.4) is 0 Å². The molecule has 0 spiro atoms. The first kappa shape index (κ1) is 17.8. The smallest absolute Gasteiger partial charge is 0.265 e. The molecule has 1 aliphatic rings. The van der Waals surface area contributed by atoms with Crippen LogP contribution in [0.15, 0.2) is 70.8 Å². The predicted molar refractivity (Wildman–Crippen MR) is 116 cm³/mol. The van der Waals surface area contributed by atoms with Crippen LogP contribution in [-0.4, -0.2) is 15.5 Å². The molecule has 1 fully saturated rings. The van der Waals surface area contributed by atoms with Gasteiger partial charge in [-0.2, -0.15) is 0 Å². The van der Waals surface area contributed by atoms with E-state index in [0.717, 1.165) is 24.2 Å². The van der Waals surface area contributed by atoms with Gasteiger partial charge in [0.25, 0.3) is 11.5 Å². The Morgan fingerprint density at radius 2 is 1.93 bits per heavy atom. The van der Waals surface area contributed by atoms with Gasteiger partial charge in [-0.25, -0.2) is 4.98 Å². The Hall–Kier alpha value is -3.25. The SMILES string of the molecule is O=C(Nc1ccc2nc(C3CC3)n(Cc3ccccc3)c(=O)c2c1)c1cccs1. The summed E-state index contributed by atoms with van der Waals surface area (Å²) in [6.45, 7) is 0.500. The topological polar surface area (TPSA) is 64.0 Å². The molecule has 0 radical (unpaired) electrons. The van der Waals surface area contributed by atoms with E-state index in [-0.39, 0.29) is 11.5 Å². The van der Waals surface area contributed by atoms with Crippen molar-refractivity contribution in [2.24, 2.45) is 0 Å².